The van der Waals surface area contributed by atoms with Crippen molar-refractivity contribution in [3.05, 3.63) is 0 Å². The predicted octanol–water partition coefficient (Wildman–Crippen LogP) is 1.63. The van der Waals surface area contributed by atoms with Crippen molar-refractivity contribution in [2.45, 2.75) is 40.2 Å². The predicted molar refractivity (Wildman–Crippen MR) is 79.1 cm³/mol. The summed E-state index contributed by atoms with van der Waals surface area (Å²) in [5, 5.41) is 3.46. The van der Waals surface area contributed by atoms with E-state index in [2.05, 4.69) is 61.8 Å². The fourth-order valence-electron chi connectivity index (χ4n) is 2.21. The topological polar surface area (TPSA) is 30.9 Å². The van der Waals surface area contributed by atoms with Crippen LogP contribution in [0.4, 0.5) is 0 Å². The Bertz CT molecular complexity index is 307. The number of hydrogen-bond acceptors (Lipinski definition) is 2. The molecule has 4 nitrogen and oxygen atoms in total. The number of nitrogens with zero attached hydrogens (tertiary/aromatic N) is 3. The van der Waals surface area contributed by atoms with Crippen LogP contribution in [0.25, 0.3) is 0 Å². The molecule has 1 aliphatic rings. The van der Waals surface area contributed by atoms with Crippen LogP contribution in [-0.2, 0) is 0 Å². The van der Waals surface area contributed by atoms with E-state index in [0.717, 1.165) is 32.1 Å². The van der Waals surface area contributed by atoms with Gasteiger partial charge in [0, 0.05) is 37.6 Å². The lowest BCUT2D eigenvalue weighted by Gasteiger charge is -2.62. The third-order valence-electron chi connectivity index (χ3n) is 4.67. The standard InChI is InChI=1S/C14H30N4/c1-8-17(7)10-9-16-12(15-6)18-11-13(2,3)14(18,4)5/h8-11H2,1-7H3,(H,15,16). The van der Waals surface area contributed by atoms with Crippen molar-refractivity contribution in [2.75, 3.05) is 40.3 Å². The van der Waals surface area contributed by atoms with Crippen molar-refractivity contribution in [3.63, 3.8) is 0 Å². The van der Waals surface area contributed by atoms with Gasteiger partial charge in [0.15, 0.2) is 5.96 Å². The fraction of sp³-hybridized carbons (Fsp3) is 0.929. The van der Waals surface area contributed by atoms with Gasteiger partial charge < -0.3 is 15.1 Å². The average molecular weight is 254 g/mol. The van der Waals surface area contributed by atoms with Crippen LogP contribution in [0.3, 0.4) is 0 Å². The van der Waals surface area contributed by atoms with Gasteiger partial charge in [-0.3, -0.25) is 4.99 Å². The van der Waals surface area contributed by atoms with Gasteiger partial charge in [0.1, 0.15) is 0 Å². The van der Waals surface area contributed by atoms with Gasteiger partial charge in [0.25, 0.3) is 0 Å². The number of hydrogen-bond donors (Lipinski definition) is 1. The Morgan fingerprint density at radius 3 is 2.33 bits per heavy atom. The number of guanidine groups is 1. The van der Waals surface area contributed by atoms with Gasteiger partial charge in [0.2, 0.25) is 0 Å². The molecule has 0 aromatic heterocycles. The number of nitrogens with one attached hydrogen (secondary N) is 1. The van der Waals surface area contributed by atoms with Gasteiger partial charge in [-0.1, -0.05) is 20.8 Å². The number of likely N-dealkylation sites (N-methyl/N-ethyl adjacent to an activating group) is 1. The first-order chi connectivity index (χ1) is 8.26. The van der Waals surface area contributed by atoms with Crippen LogP contribution in [0.15, 0.2) is 4.99 Å². The Hall–Kier alpha value is -0.770. The quantitative estimate of drug-likeness (QED) is 0.611. The van der Waals surface area contributed by atoms with Gasteiger partial charge in [-0.2, -0.15) is 0 Å². The molecule has 0 aromatic carbocycles. The minimum atomic E-state index is 0.172. The maximum atomic E-state index is 4.41. The molecule has 1 rings (SSSR count). The zero-order valence-corrected chi connectivity index (χ0v) is 13.2. The van der Waals surface area contributed by atoms with E-state index >= 15 is 0 Å². The summed E-state index contributed by atoms with van der Waals surface area (Å²) in [6, 6.07) is 0. The molecule has 18 heavy (non-hydrogen) atoms. The van der Waals surface area contributed by atoms with Gasteiger partial charge in [-0.05, 0) is 27.4 Å². The highest BCUT2D eigenvalue weighted by atomic mass is 15.4. The molecule has 0 spiro atoms. The van der Waals surface area contributed by atoms with E-state index in [9.17, 15) is 0 Å². The van der Waals surface area contributed by atoms with Crippen LogP contribution in [0.1, 0.15) is 34.6 Å². The molecule has 1 fully saturated rings. The van der Waals surface area contributed by atoms with E-state index in [1.165, 1.54) is 0 Å². The highest BCUT2D eigenvalue weighted by Crippen LogP contribution is 2.46. The zero-order valence-electron chi connectivity index (χ0n) is 13.2. The second-order valence-corrected chi connectivity index (χ2v) is 6.40. The summed E-state index contributed by atoms with van der Waals surface area (Å²) in [7, 11) is 4.01. The monoisotopic (exact) mass is 254 g/mol. The molecule has 0 aliphatic carbocycles. The minimum Gasteiger partial charge on any atom is -0.355 e. The summed E-state index contributed by atoms with van der Waals surface area (Å²) in [5.74, 6) is 1.03. The molecular weight excluding hydrogens is 224 g/mol. The van der Waals surface area contributed by atoms with E-state index in [1.807, 2.05) is 7.05 Å². The van der Waals surface area contributed by atoms with Crippen LogP contribution < -0.4 is 5.32 Å². The van der Waals surface area contributed by atoms with Gasteiger partial charge in [-0.25, -0.2) is 0 Å². The van der Waals surface area contributed by atoms with Gasteiger partial charge in [-0.15, -0.1) is 0 Å². The first-order valence-corrected chi connectivity index (χ1v) is 6.93. The minimum absolute atomic E-state index is 0.172. The van der Waals surface area contributed by atoms with Crippen LogP contribution in [0.5, 0.6) is 0 Å². The van der Waals surface area contributed by atoms with E-state index < -0.39 is 0 Å². The maximum Gasteiger partial charge on any atom is 0.194 e. The van der Waals surface area contributed by atoms with Crippen molar-refractivity contribution in [1.29, 1.82) is 0 Å². The van der Waals surface area contributed by atoms with Crippen molar-refractivity contribution in [2.24, 2.45) is 10.4 Å². The van der Waals surface area contributed by atoms with Crippen molar-refractivity contribution in [3.8, 4) is 0 Å². The lowest BCUT2D eigenvalue weighted by atomic mass is 9.65. The second-order valence-electron chi connectivity index (χ2n) is 6.40. The fourth-order valence-corrected chi connectivity index (χ4v) is 2.21. The Morgan fingerprint density at radius 2 is 1.94 bits per heavy atom. The third kappa shape index (κ3) is 2.79. The molecule has 0 radical (unpaired) electrons. The molecule has 1 heterocycles. The molecule has 0 aromatic rings. The Balaban J connectivity index is 2.50. The lowest BCUT2D eigenvalue weighted by Crippen LogP contribution is -2.72. The number of likely N-dealkylation sites (tertiary alicyclic amines) is 1. The third-order valence-corrected chi connectivity index (χ3v) is 4.67. The Labute approximate surface area is 112 Å². The maximum absolute atomic E-state index is 4.41. The van der Waals surface area contributed by atoms with E-state index in [0.29, 0.717) is 5.41 Å². The van der Waals surface area contributed by atoms with Crippen LogP contribution in [0.2, 0.25) is 0 Å². The van der Waals surface area contributed by atoms with Crippen molar-refractivity contribution < 1.29 is 0 Å². The normalized spacial score (nSPS) is 22.0. The molecule has 0 saturated carbocycles. The molecule has 1 N–H and O–H groups in total. The molecule has 0 atom stereocenters. The molecule has 1 saturated heterocycles. The summed E-state index contributed by atoms with van der Waals surface area (Å²) in [5.41, 5.74) is 0.524. The lowest BCUT2D eigenvalue weighted by molar-refractivity contribution is -0.0667. The summed E-state index contributed by atoms with van der Waals surface area (Å²) >= 11 is 0. The molecular formula is C14H30N4. The average Bonchev–Trinajstić information content (AvgIpc) is 2.32. The van der Waals surface area contributed by atoms with Crippen LogP contribution in [0, 0.1) is 5.41 Å². The summed E-state index contributed by atoms with van der Waals surface area (Å²) in [6.45, 7) is 15.6. The smallest absolute Gasteiger partial charge is 0.194 e. The molecule has 4 heteroatoms. The SMILES string of the molecule is CCN(C)CCNC(=NC)N1CC(C)(C)C1(C)C. The molecule has 1 aliphatic heterocycles. The van der Waals surface area contributed by atoms with E-state index in [-0.39, 0.29) is 5.54 Å². The number of rotatable bonds is 4. The summed E-state index contributed by atoms with van der Waals surface area (Å²) < 4.78 is 0. The van der Waals surface area contributed by atoms with Crippen molar-refractivity contribution in [1.82, 2.24) is 15.1 Å². The van der Waals surface area contributed by atoms with E-state index in [4.69, 9.17) is 0 Å². The highest BCUT2D eigenvalue weighted by Gasteiger charge is 2.53. The van der Waals surface area contributed by atoms with Crippen LogP contribution in [-0.4, -0.2) is 61.6 Å². The molecule has 106 valence electrons. The Morgan fingerprint density at radius 1 is 1.33 bits per heavy atom. The second kappa shape index (κ2) is 5.47. The molecule has 0 unspecified atom stereocenters. The van der Waals surface area contributed by atoms with E-state index in [1.54, 1.807) is 0 Å². The number of aliphatic imine (C=N–C) groups is 1. The van der Waals surface area contributed by atoms with Gasteiger partial charge in [0.05, 0.1) is 0 Å². The van der Waals surface area contributed by atoms with Crippen LogP contribution >= 0.6 is 0 Å². The largest absolute Gasteiger partial charge is 0.355 e. The van der Waals surface area contributed by atoms with Crippen molar-refractivity contribution >= 4 is 5.96 Å². The summed E-state index contributed by atoms with van der Waals surface area (Å²) in [4.78, 5) is 9.08. The Kier molecular flexibility index (Phi) is 4.65. The first kappa shape index (κ1) is 15.3. The first-order valence-electron chi connectivity index (χ1n) is 6.93. The zero-order chi connectivity index (χ0) is 14.0. The van der Waals surface area contributed by atoms with Gasteiger partial charge >= 0.3 is 0 Å². The molecule has 0 amide bonds. The highest BCUT2D eigenvalue weighted by molar-refractivity contribution is 5.82. The summed E-state index contributed by atoms with van der Waals surface area (Å²) in [6.07, 6.45) is 0. The molecule has 0 bridgehead atoms.